The molecule has 1 rings (SSSR count). The maximum atomic E-state index is 12.1. The first-order valence-corrected chi connectivity index (χ1v) is 7.05. The van der Waals surface area contributed by atoms with Crippen LogP contribution in [0.3, 0.4) is 0 Å². The quantitative estimate of drug-likeness (QED) is 0.400. The van der Waals surface area contributed by atoms with Gasteiger partial charge in [-0.05, 0) is 6.08 Å². The third-order valence-electron chi connectivity index (χ3n) is 2.91. The van der Waals surface area contributed by atoms with Crippen molar-refractivity contribution in [2.75, 3.05) is 14.2 Å². The zero-order valence-corrected chi connectivity index (χ0v) is 14.2. The molecular formula is C16H18O9. The van der Waals surface area contributed by atoms with Gasteiger partial charge in [0.25, 0.3) is 0 Å². The minimum atomic E-state index is -0.825. The van der Waals surface area contributed by atoms with Gasteiger partial charge in [0, 0.05) is 19.9 Å². The lowest BCUT2D eigenvalue weighted by molar-refractivity contribution is -0.142. The van der Waals surface area contributed by atoms with Crippen LogP contribution in [-0.4, -0.2) is 32.1 Å². The van der Waals surface area contributed by atoms with Gasteiger partial charge in [-0.2, -0.15) is 0 Å². The van der Waals surface area contributed by atoms with E-state index in [4.69, 9.17) is 18.6 Å². The number of hydrogen-bond donors (Lipinski definition) is 0. The summed E-state index contributed by atoms with van der Waals surface area (Å²) >= 11 is 0. The molecular weight excluding hydrogens is 336 g/mol. The summed E-state index contributed by atoms with van der Waals surface area (Å²) in [6.45, 7) is 1.72. The van der Waals surface area contributed by atoms with Gasteiger partial charge in [0.05, 0.1) is 19.8 Å². The molecule has 0 spiro atoms. The van der Waals surface area contributed by atoms with Crippen molar-refractivity contribution in [3.63, 3.8) is 0 Å². The monoisotopic (exact) mass is 354 g/mol. The average Bonchev–Trinajstić information content (AvgIpc) is 2.56. The predicted molar refractivity (Wildman–Crippen MR) is 83.5 cm³/mol. The van der Waals surface area contributed by atoms with Crippen molar-refractivity contribution in [2.45, 2.75) is 27.1 Å². The van der Waals surface area contributed by atoms with Crippen molar-refractivity contribution in [1.82, 2.24) is 0 Å². The molecule has 0 amide bonds. The molecule has 0 fully saturated rings. The Hall–Kier alpha value is -3.10. The summed E-state index contributed by atoms with van der Waals surface area (Å²) in [7, 11) is 2.47. The Balaban J connectivity index is 3.44. The van der Waals surface area contributed by atoms with Crippen LogP contribution in [-0.2, 0) is 41.8 Å². The number of hydrogen-bond acceptors (Lipinski definition) is 9. The third kappa shape index (κ3) is 5.79. The molecule has 0 atom stereocenters. The summed E-state index contributed by atoms with van der Waals surface area (Å²) in [6.07, 6.45) is 2.21. The Kier molecular flexibility index (Phi) is 7.39. The molecule has 9 heteroatoms. The first kappa shape index (κ1) is 19.9. The second-order valence-corrected chi connectivity index (χ2v) is 4.66. The molecule has 25 heavy (non-hydrogen) atoms. The second-order valence-electron chi connectivity index (χ2n) is 4.66. The highest BCUT2D eigenvalue weighted by Crippen LogP contribution is 2.27. The first-order chi connectivity index (χ1) is 11.8. The SMILES string of the molecule is COC(=O)/C=C/c1oc(=O)c(COC(C)=O)c(OC)c1COC(C)=O. The molecule has 0 aromatic carbocycles. The molecule has 1 heterocycles. The average molecular weight is 354 g/mol. The van der Waals surface area contributed by atoms with Crippen molar-refractivity contribution in [3.8, 4) is 5.75 Å². The Morgan fingerprint density at radius 1 is 1.00 bits per heavy atom. The standard InChI is InChI=1S/C16H18O9/c1-9(17)23-7-11-13(5-6-14(19)21-3)25-16(20)12(15(11)22-4)8-24-10(2)18/h5-6H,7-8H2,1-4H3/b6-5+. The van der Waals surface area contributed by atoms with Crippen LogP contribution < -0.4 is 10.4 Å². The van der Waals surface area contributed by atoms with Gasteiger partial charge in [-0.1, -0.05) is 0 Å². The minimum Gasteiger partial charge on any atom is -0.495 e. The number of carbonyl (C=O) groups is 3. The highest BCUT2D eigenvalue weighted by atomic mass is 16.5. The lowest BCUT2D eigenvalue weighted by atomic mass is 10.1. The molecule has 0 unspecified atom stereocenters. The van der Waals surface area contributed by atoms with Crippen LogP contribution in [0.1, 0.15) is 30.7 Å². The topological polar surface area (TPSA) is 118 Å². The van der Waals surface area contributed by atoms with Crippen LogP contribution in [0.25, 0.3) is 6.08 Å². The molecule has 0 saturated carbocycles. The van der Waals surface area contributed by atoms with E-state index in [1.165, 1.54) is 34.1 Å². The van der Waals surface area contributed by atoms with Crippen LogP contribution in [0.15, 0.2) is 15.3 Å². The summed E-state index contributed by atoms with van der Waals surface area (Å²) in [5.41, 5.74) is -0.691. The van der Waals surface area contributed by atoms with E-state index < -0.39 is 23.5 Å². The van der Waals surface area contributed by atoms with Crippen LogP contribution in [0.5, 0.6) is 5.75 Å². The van der Waals surface area contributed by atoms with Gasteiger partial charge in [0.15, 0.2) is 0 Å². The molecule has 0 aliphatic heterocycles. The van der Waals surface area contributed by atoms with Gasteiger partial charge in [0.1, 0.15) is 30.3 Å². The molecule has 1 aromatic heterocycles. The van der Waals surface area contributed by atoms with Gasteiger partial charge >= 0.3 is 23.5 Å². The smallest absolute Gasteiger partial charge is 0.346 e. The van der Waals surface area contributed by atoms with Crippen LogP contribution in [0, 0.1) is 0 Å². The minimum absolute atomic E-state index is 0.0308. The summed E-state index contributed by atoms with van der Waals surface area (Å²) in [4.78, 5) is 45.5. The van der Waals surface area contributed by atoms with Gasteiger partial charge < -0.3 is 23.4 Å². The number of esters is 3. The Morgan fingerprint density at radius 3 is 2.04 bits per heavy atom. The molecule has 0 N–H and O–H groups in total. The molecule has 0 aliphatic rings. The fourth-order valence-corrected chi connectivity index (χ4v) is 1.81. The van der Waals surface area contributed by atoms with E-state index in [0.717, 1.165) is 6.08 Å². The van der Waals surface area contributed by atoms with Crippen molar-refractivity contribution < 1.29 is 37.7 Å². The summed E-state index contributed by atoms with van der Waals surface area (Å²) in [6, 6.07) is 0. The third-order valence-corrected chi connectivity index (χ3v) is 2.91. The number of rotatable bonds is 7. The van der Waals surface area contributed by atoms with Crippen LogP contribution in [0.2, 0.25) is 0 Å². The Morgan fingerprint density at radius 2 is 1.56 bits per heavy atom. The second kappa shape index (κ2) is 9.26. The van der Waals surface area contributed by atoms with Crippen LogP contribution in [0.4, 0.5) is 0 Å². The number of methoxy groups -OCH3 is 2. The van der Waals surface area contributed by atoms with Crippen LogP contribution >= 0.6 is 0 Å². The summed E-state index contributed by atoms with van der Waals surface area (Å²) < 4.78 is 24.5. The largest absolute Gasteiger partial charge is 0.495 e. The first-order valence-electron chi connectivity index (χ1n) is 7.05. The zero-order chi connectivity index (χ0) is 19.0. The summed E-state index contributed by atoms with van der Waals surface area (Å²) in [5, 5.41) is 0. The zero-order valence-electron chi connectivity index (χ0n) is 14.2. The van der Waals surface area contributed by atoms with E-state index in [9.17, 15) is 19.2 Å². The molecule has 9 nitrogen and oxygen atoms in total. The van der Waals surface area contributed by atoms with E-state index >= 15 is 0 Å². The number of ether oxygens (including phenoxy) is 4. The fraction of sp³-hybridized carbons (Fsp3) is 0.375. The summed E-state index contributed by atoms with van der Waals surface area (Å²) in [5.74, 6) is -1.87. The number of carbonyl (C=O) groups excluding carboxylic acids is 3. The Bertz CT molecular complexity index is 743. The van der Waals surface area contributed by atoms with Crippen molar-refractivity contribution in [2.24, 2.45) is 0 Å². The lowest BCUT2D eigenvalue weighted by Crippen LogP contribution is -2.16. The normalized spacial score (nSPS) is 10.4. The van der Waals surface area contributed by atoms with E-state index in [0.29, 0.717) is 0 Å². The molecule has 136 valence electrons. The van der Waals surface area contributed by atoms with Crippen molar-refractivity contribution in [3.05, 3.63) is 33.4 Å². The van der Waals surface area contributed by atoms with Gasteiger partial charge in [0.2, 0.25) is 0 Å². The maximum Gasteiger partial charge on any atom is 0.346 e. The van der Waals surface area contributed by atoms with Crippen molar-refractivity contribution in [1.29, 1.82) is 0 Å². The Labute approximate surface area is 143 Å². The molecule has 1 aromatic rings. The van der Waals surface area contributed by atoms with Gasteiger partial charge in [-0.25, -0.2) is 9.59 Å². The van der Waals surface area contributed by atoms with E-state index in [-0.39, 0.29) is 35.9 Å². The fourth-order valence-electron chi connectivity index (χ4n) is 1.81. The van der Waals surface area contributed by atoms with E-state index in [1.807, 2.05) is 0 Å². The lowest BCUT2D eigenvalue weighted by Gasteiger charge is -2.14. The van der Waals surface area contributed by atoms with Gasteiger partial charge in [-0.3, -0.25) is 9.59 Å². The highest BCUT2D eigenvalue weighted by Gasteiger charge is 2.21. The van der Waals surface area contributed by atoms with Gasteiger partial charge in [-0.15, -0.1) is 0 Å². The molecule has 0 aliphatic carbocycles. The van der Waals surface area contributed by atoms with Crippen molar-refractivity contribution >= 4 is 24.0 Å². The van der Waals surface area contributed by atoms with E-state index in [2.05, 4.69) is 4.74 Å². The van der Waals surface area contributed by atoms with E-state index in [1.54, 1.807) is 0 Å². The predicted octanol–water partition coefficient (Wildman–Crippen LogP) is 0.961. The molecule has 0 bridgehead atoms. The molecule has 0 radical (unpaired) electrons. The molecule has 0 saturated heterocycles. The highest BCUT2D eigenvalue weighted by molar-refractivity contribution is 5.86. The maximum absolute atomic E-state index is 12.1.